The first-order valence-corrected chi connectivity index (χ1v) is 5.71. The van der Waals surface area contributed by atoms with Crippen molar-refractivity contribution >= 4 is 11.6 Å². The van der Waals surface area contributed by atoms with Crippen LogP contribution in [-0.2, 0) is 6.61 Å². The van der Waals surface area contributed by atoms with Gasteiger partial charge in [-0.1, -0.05) is 35.9 Å². The number of halogens is 1. The quantitative estimate of drug-likeness (QED) is 0.892. The van der Waals surface area contributed by atoms with Gasteiger partial charge in [-0.3, -0.25) is 0 Å². The van der Waals surface area contributed by atoms with E-state index < -0.39 is 0 Å². The van der Waals surface area contributed by atoms with Gasteiger partial charge in [0.2, 0.25) is 0 Å². The maximum atomic E-state index is 9.24. The van der Waals surface area contributed by atoms with Crippen molar-refractivity contribution in [3.05, 3.63) is 58.6 Å². The first-order chi connectivity index (χ1) is 8.20. The Kier molecular flexibility index (Phi) is 3.67. The van der Waals surface area contributed by atoms with Crippen molar-refractivity contribution in [1.29, 1.82) is 0 Å². The highest BCUT2D eigenvalue weighted by molar-refractivity contribution is 6.32. The van der Waals surface area contributed by atoms with Crippen LogP contribution >= 0.6 is 11.6 Å². The van der Waals surface area contributed by atoms with Gasteiger partial charge in [-0.25, -0.2) is 0 Å². The van der Waals surface area contributed by atoms with Crippen molar-refractivity contribution in [2.24, 2.45) is 0 Å². The molecule has 3 heteroatoms. The predicted octanol–water partition coefficient (Wildman–Crippen LogP) is 3.93. The van der Waals surface area contributed by atoms with Gasteiger partial charge < -0.3 is 9.84 Å². The third-order valence-corrected chi connectivity index (χ3v) is 2.73. The van der Waals surface area contributed by atoms with Crippen LogP contribution in [0.3, 0.4) is 0 Å². The second kappa shape index (κ2) is 5.21. The number of hydrogen-bond acceptors (Lipinski definition) is 2. The normalized spacial score (nSPS) is 10.3. The molecular formula is C14H13ClO2. The fraction of sp³-hybridized carbons (Fsp3) is 0.143. The van der Waals surface area contributed by atoms with E-state index in [-0.39, 0.29) is 6.61 Å². The third-order valence-electron chi connectivity index (χ3n) is 2.43. The molecule has 0 spiro atoms. The van der Waals surface area contributed by atoms with E-state index in [1.54, 1.807) is 18.2 Å². The van der Waals surface area contributed by atoms with Gasteiger partial charge in [0.25, 0.3) is 0 Å². The molecule has 0 saturated heterocycles. The molecule has 0 saturated carbocycles. The van der Waals surface area contributed by atoms with Crippen LogP contribution in [-0.4, -0.2) is 5.11 Å². The molecule has 0 aromatic heterocycles. The summed E-state index contributed by atoms with van der Waals surface area (Å²) in [5.74, 6) is 1.23. The fourth-order valence-corrected chi connectivity index (χ4v) is 1.82. The van der Waals surface area contributed by atoms with Crippen LogP contribution in [0, 0.1) is 6.92 Å². The topological polar surface area (TPSA) is 29.5 Å². The van der Waals surface area contributed by atoms with Crippen molar-refractivity contribution < 1.29 is 9.84 Å². The van der Waals surface area contributed by atoms with Crippen LogP contribution in [0.15, 0.2) is 42.5 Å². The monoisotopic (exact) mass is 248 g/mol. The van der Waals surface area contributed by atoms with Crippen LogP contribution in [0.25, 0.3) is 0 Å². The van der Waals surface area contributed by atoms with Gasteiger partial charge >= 0.3 is 0 Å². The Balaban J connectivity index is 2.35. The smallest absolute Gasteiger partial charge is 0.151 e. The average molecular weight is 249 g/mol. The summed E-state index contributed by atoms with van der Waals surface area (Å²) < 4.78 is 5.72. The number of para-hydroxylation sites is 1. The molecule has 2 rings (SSSR count). The molecule has 1 N–H and O–H groups in total. The standard InChI is InChI=1S/C14H13ClO2/c1-10-4-2-6-12(8-10)17-14-11(9-16)5-3-7-13(14)15/h2-8,16H,9H2,1H3. The lowest BCUT2D eigenvalue weighted by Crippen LogP contribution is -1.92. The van der Waals surface area contributed by atoms with Gasteiger partial charge in [0.1, 0.15) is 5.75 Å². The first-order valence-electron chi connectivity index (χ1n) is 5.33. The van der Waals surface area contributed by atoms with Gasteiger partial charge in [-0.15, -0.1) is 0 Å². The zero-order valence-electron chi connectivity index (χ0n) is 9.48. The van der Waals surface area contributed by atoms with E-state index in [2.05, 4.69) is 0 Å². The molecule has 0 radical (unpaired) electrons. The molecule has 17 heavy (non-hydrogen) atoms. The molecule has 0 bridgehead atoms. The Morgan fingerprint density at radius 2 is 1.94 bits per heavy atom. The number of ether oxygens (including phenoxy) is 1. The van der Waals surface area contributed by atoms with Gasteiger partial charge in [-0.05, 0) is 30.7 Å². The van der Waals surface area contributed by atoms with E-state index in [1.807, 2.05) is 31.2 Å². The predicted molar refractivity (Wildman–Crippen MR) is 68.6 cm³/mol. The van der Waals surface area contributed by atoms with Gasteiger partial charge in [0.05, 0.1) is 11.6 Å². The first kappa shape index (κ1) is 12.0. The van der Waals surface area contributed by atoms with E-state index in [1.165, 1.54) is 0 Å². The van der Waals surface area contributed by atoms with Gasteiger partial charge in [0, 0.05) is 5.56 Å². The Morgan fingerprint density at radius 1 is 1.18 bits per heavy atom. The van der Waals surface area contributed by atoms with Gasteiger partial charge in [-0.2, -0.15) is 0 Å². The summed E-state index contributed by atoms with van der Waals surface area (Å²) in [6.45, 7) is 1.90. The molecule has 0 amide bonds. The second-order valence-electron chi connectivity index (χ2n) is 3.80. The Hall–Kier alpha value is -1.51. The Bertz CT molecular complexity index is 523. The average Bonchev–Trinajstić information content (AvgIpc) is 2.32. The highest BCUT2D eigenvalue weighted by Gasteiger charge is 2.08. The Morgan fingerprint density at radius 3 is 2.65 bits per heavy atom. The molecular weight excluding hydrogens is 236 g/mol. The van der Waals surface area contributed by atoms with Crippen molar-refractivity contribution in [3.8, 4) is 11.5 Å². The van der Waals surface area contributed by atoms with E-state index >= 15 is 0 Å². The zero-order valence-corrected chi connectivity index (χ0v) is 10.2. The van der Waals surface area contributed by atoms with Crippen molar-refractivity contribution in [2.45, 2.75) is 13.5 Å². The van der Waals surface area contributed by atoms with Crippen LogP contribution in [0.5, 0.6) is 11.5 Å². The summed E-state index contributed by atoms with van der Waals surface area (Å²) in [6, 6.07) is 13.0. The highest BCUT2D eigenvalue weighted by atomic mass is 35.5. The summed E-state index contributed by atoms with van der Waals surface area (Å²) in [5, 5.41) is 9.74. The number of benzene rings is 2. The summed E-state index contributed by atoms with van der Waals surface area (Å²) in [5.41, 5.74) is 1.79. The number of hydrogen-bond donors (Lipinski definition) is 1. The number of aryl methyl sites for hydroxylation is 1. The maximum absolute atomic E-state index is 9.24. The van der Waals surface area contributed by atoms with Crippen LogP contribution in [0.1, 0.15) is 11.1 Å². The molecule has 88 valence electrons. The minimum Gasteiger partial charge on any atom is -0.455 e. The van der Waals surface area contributed by atoms with Crippen molar-refractivity contribution in [1.82, 2.24) is 0 Å². The molecule has 2 aromatic rings. The van der Waals surface area contributed by atoms with Crippen LogP contribution < -0.4 is 4.74 Å². The minimum atomic E-state index is -0.0955. The molecule has 0 aliphatic rings. The van der Waals surface area contributed by atoms with E-state index in [4.69, 9.17) is 16.3 Å². The number of rotatable bonds is 3. The summed E-state index contributed by atoms with van der Waals surface area (Å²) >= 11 is 6.06. The molecule has 0 aliphatic heterocycles. The lowest BCUT2D eigenvalue weighted by molar-refractivity contribution is 0.276. The minimum absolute atomic E-state index is 0.0955. The van der Waals surface area contributed by atoms with E-state index in [0.717, 1.165) is 5.56 Å². The number of aliphatic hydroxyl groups excluding tert-OH is 1. The molecule has 0 aliphatic carbocycles. The van der Waals surface area contributed by atoms with Gasteiger partial charge in [0.15, 0.2) is 5.75 Å². The summed E-state index contributed by atoms with van der Waals surface area (Å²) in [6.07, 6.45) is 0. The fourth-order valence-electron chi connectivity index (χ4n) is 1.59. The molecule has 0 heterocycles. The molecule has 0 unspecified atom stereocenters. The van der Waals surface area contributed by atoms with Crippen molar-refractivity contribution in [3.63, 3.8) is 0 Å². The summed E-state index contributed by atoms with van der Waals surface area (Å²) in [4.78, 5) is 0. The lowest BCUT2D eigenvalue weighted by Gasteiger charge is -2.11. The maximum Gasteiger partial charge on any atom is 0.151 e. The van der Waals surface area contributed by atoms with Crippen LogP contribution in [0.4, 0.5) is 0 Å². The Labute approximate surface area is 105 Å². The number of aliphatic hydroxyl groups is 1. The molecule has 0 fully saturated rings. The summed E-state index contributed by atoms with van der Waals surface area (Å²) in [7, 11) is 0. The molecule has 0 atom stereocenters. The SMILES string of the molecule is Cc1cccc(Oc2c(Cl)cccc2CO)c1. The van der Waals surface area contributed by atoms with E-state index in [9.17, 15) is 5.11 Å². The largest absolute Gasteiger partial charge is 0.455 e. The van der Waals surface area contributed by atoms with Crippen LogP contribution in [0.2, 0.25) is 5.02 Å². The third kappa shape index (κ3) is 2.78. The zero-order chi connectivity index (χ0) is 12.3. The highest BCUT2D eigenvalue weighted by Crippen LogP contribution is 2.33. The van der Waals surface area contributed by atoms with Crippen molar-refractivity contribution in [2.75, 3.05) is 0 Å². The molecule has 2 aromatic carbocycles. The second-order valence-corrected chi connectivity index (χ2v) is 4.21. The molecule has 2 nitrogen and oxygen atoms in total. The van der Waals surface area contributed by atoms with E-state index in [0.29, 0.717) is 22.1 Å². The lowest BCUT2D eigenvalue weighted by atomic mass is 10.2.